The van der Waals surface area contributed by atoms with Crippen molar-refractivity contribution in [2.45, 2.75) is 0 Å². The van der Waals surface area contributed by atoms with E-state index in [4.69, 9.17) is 23.3 Å². The van der Waals surface area contributed by atoms with E-state index in [-0.39, 0.29) is 17.4 Å². The van der Waals surface area contributed by atoms with Crippen LogP contribution in [0.15, 0.2) is 0 Å². The molecule has 11 heavy (non-hydrogen) atoms. The summed E-state index contributed by atoms with van der Waals surface area (Å²) in [7, 11) is 0. The van der Waals surface area contributed by atoms with Crippen molar-refractivity contribution in [3.05, 3.63) is 0 Å². The fourth-order valence-electron chi connectivity index (χ4n) is 0. The van der Waals surface area contributed by atoms with Gasteiger partial charge >= 0.3 is 0 Å². The predicted molar refractivity (Wildman–Crippen MR) is 46.1 cm³/mol. The Kier molecular flexibility index (Phi) is 1510. The van der Waals surface area contributed by atoms with Gasteiger partial charge < -0.3 is 0 Å². The molecular weight excluding hydrogens is 284 g/mol. The lowest BCUT2D eigenvalue weighted by Crippen LogP contribution is -0.913. The van der Waals surface area contributed by atoms with Gasteiger partial charge in [-0.15, -0.1) is 0 Å². The summed E-state index contributed by atoms with van der Waals surface area (Å²) in [5, 5.41) is 0. The second-order valence-corrected chi connectivity index (χ2v) is 0. The molecule has 0 aliphatic heterocycles. The van der Waals surface area contributed by atoms with Gasteiger partial charge in [-0.25, -0.2) is 0 Å². The van der Waals surface area contributed by atoms with Gasteiger partial charge in [-0.3, -0.25) is 23.3 Å². The summed E-state index contributed by atoms with van der Waals surface area (Å²) in [6.45, 7) is 0. The zero-order valence-corrected chi connectivity index (χ0v) is 9.64. The predicted octanol–water partition coefficient (Wildman–Crippen LogP) is 0.282. The molecule has 0 aliphatic rings. The minimum Gasteiger partial charge on any atom is -0.295 e. The first-order chi connectivity index (χ1) is 5.00. The van der Waals surface area contributed by atoms with E-state index in [1.165, 1.54) is 0 Å². The Morgan fingerprint density at radius 2 is 0.364 bits per heavy atom. The first kappa shape index (κ1) is 38.6. The third kappa shape index (κ3) is 355. The van der Waals surface area contributed by atoms with Crippen molar-refractivity contribution in [2.75, 3.05) is 0 Å². The smallest absolute Gasteiger partial charge is 0.0579 e. The van der Waals surface area contributed by atoms with Crippen molar-refractivity contribution in [1.82, 2.24) is 0 Å². The van der Waals surface area contributed by atoms with E-state index in [0.717, 1.165) is 0 Å². The van der Waals surface area contributed by atoms with Crippen LogP contribution in [0, 0.1) is 0 Å². The van der Waals surface area contributed by atoms with Crippen molar-refractivity contribution < 1.29 is 23.3 Å². The topological polar surface area (TPSA) is 101 Å². The third-order valence-corrected chi connectivity index (χ3v) is 0. The van der Waals surface area contributed by atoms with Crippen LogP contribution in [-0.4, -0.2) is 40.7 Å². The zero-order valence-electron chi connectivity index (χ0n) is 4.70. The second-order valence-electron chi connectivity index (χ2n) is 0. The molecule has 3 radical (unpaired) electrons. The molecule has 0 aromatic heterocycles. The fourth-order valence-corrected chi connectivity index (χ4v) is 0. The SMILES string of the molecule is OCl.OCl.OCl.OCl.OCl.[Al]. The average Bonchev–Trinajstić information content (AvgIpc) is 2.20. The van der Waals surface area contributed by atoms with Gasteiger partial charge in [-0.05, 0) is 0 Å². The summed E-state index contributed by atoms with van der Waals surface area (Å²) in [6, 6.07) is 0. The van der Waals surface area contributed by atoms with Gasteiger partial charge in [0.25, 0.3) is 0 Å². The molecule has 0 rings (SSSR count). The average molecular weight is 289 g/mol. The molecule has 0 spiro atoms. The summed E-state index contributed by atoms with van der Waals surface area (Å²) < 4.78 is 32.4. The summed E-state index contributed by atoms with van der Waals surface area (Å²) in [5.41, 5.74) is 0. The van der Waals surface area contributed by atoms with Crippen molar-refractivity contribution in [3.8, 4) is 0 Å². The first-order valence-electron chi connectivity index (χ1n) is 0.845. The van der Waals surface area contributed by atoms with Crippen LogP contribution in [0.2, 0.25) is 0 Å². The van der Waals surface area contributed by atoms with E-state index in [2.05, 4.69) is 59.3 Å². The molecule has 0 saturated carbocycles. The highest BCUT2D eigenvalue weighted by atomic mass is 35.5. The minimum absolute atomic E-state index is 0. The van der Waals surface area contributed by atoms with Crippen LogP contribution < -0.4 is 0 Å². The van der Waals surface area contributed by atoms with Crippen LogP contribution in [0.4, 0.5) is 0 Å². The Labute approximate surface area is 99.6 Å². The van der Waals surface area contributed by atoms with E-state index in [0.29, 0.717) is 0 Å². The highest BCUT2D eigenvalue weighted by Crippen LogP contribution is 1.32. The molecular formula is H5AlCl5O5. The Morgan fingerprint density at radius 3 is 0.364 bits per heavy atom. The maximum atomic E-state index is 6.47. The first-order valence-corrected chi connectivity index (χ1v) is 2.54. The molecule has 0 amide bonds. The zero-order chi connectivity index (χ0) is 10.0. The molecule has 0 heterocycles. The fraction of sp³-hybridized carbons (Fsp3) is 0. The molecule has 5 N–H and O–H groups in total. The largest absolute Gasteiger partial charge is 0.295 e. The van der Waals surface area contributed by atoms with Crippen LogP contribution in [0.3, 0.4) is 0 Å². The third-order valence-electron chi connectivity index (χ3n) is 0. The summed E-state index contributed by atoms with van der Waals surface area (Å²) >= 11 is 18.2. The maximum Gasteiger partial charge on any atom is 0.0579 e. The van der Waals surface area contributed by atoms with Crippen LogP contribution in [-0.2, 0) is 0 Å². The Balaban J connectivity index is -0.00000000694. The Morgan fingerprint density at radius 1 is 0.364 bits per heavy atom. The van der Waals surface area contributed by atoms with Crippen LogP contribution in [0.5, 0.6) is 0 Å². The molecule has 11 heteroatoms. The molecule has 0 unspecified atom stereocenters. The summed E-state index contributed by atoms with van der Waals surface area (Å²) in [6.07, 6.45) is 0. The van der Waals surface area contributed by atoms with Gasteiger partial charge in [0, 0.05) is 17.4 Å². The van der Waals surface area contributed by atoms with Gasteiger partial charge in [0.15, 0.2) is 0 Å². The number of hydrogen-bond donors (Lipinski definition) is 5. The normalized spacial score (nSPS) is 2.73. The minimum atomic E-state index is 0. The molecule has 0 fully saturated rings. The number of rotatable bonds is 0. The standard InChI is InChI=1S/Al.5ClHO/c;5*1-2/h;5*2H. The molecule has 0 atom stereocenters. The van der Waals surface area contributed by atoms with Gasteiger partial charge in [0.2, 0.25) is 0 Å². The van der Waals surface area contributed by atoms with Crippen molar-refractivity contribution in [1.29, 1.82) is 0 Å². The molecule has 0 aliphatic carbocycles. The van der Waals surface area contributed by atoms with E-state index in [1.54, 1.807) is 0 Å². The van der Waals surface area contributed by atoms with Gasteiger partial charge in [-0.2, -0.15) is 0 Å². The van der Waals surface area contributed by atoms with Gasteiger partial charge in [0.1, 0.15) is 0 Å². The van der Waals surface area contributed by atoms with Crippen LogP contribution in [0.25, 0.3) is 0 Å². The highest BCUT2D eigenvalue weighted by Gasteiger charge is 0.905. The van der Waals surface area contributed by atoms with E-state index in [9.17, 15) is 0 Å². The van der Waals surface area contributed by atoms with Crippen LogP contribution >= 0.6 is 59.3 Å². The lowest BCUT2D eigenvalue weighted by Gasteiger charge is -1.13. The highest BCUT2D eigenvalue weighted by molar-refractivity contribution is 6.05. The molecule has 0 saturated heterocycles. The Hall–Kier alpha value is 1.78. The maximum absolute atomic E-state index is 6.47. The second kappa shape index (κ2) is 431. The van der Waals surface area contributed by atoms with Gasteiger partial charge in [0.05, 0.1) is 59.3 Å². The molecule has 0 bridgehead atoms. The summed E-state index contributed by atoms with van der Waals surface area (Å²) in [4.78, 5) is 0. The summed E-state index contributed by atoms with van der Waals surface area (Å²) in [5.74, 6) is 0. The number of halogens is 5. The molecule has 73 valence electrons. The molecule has 5 nitrogen and oxygen atoms in total. The van der Waals surface area contributed by atoms with E-state index in [1.807, 2.05) is 0 Å². The van der Waals surface area contributed by atoms with Gasteiger partial charge in [-0.1, -0.05) is 0 Å². The van der Waals surface area contributed by atoms with Crippen molar-refractivity contribution in [3.63, 3.8) is 0 Å². The van der Waals surface area contributed by atoms with Crippen molar-refractivity contribution >= 4 is 76.7 Å². The van der Waals surface area contributed by atoms with E-state index >= 15 is 0 Å². The quantitative estimate of drug-likeness (QED) is 0.412. The molecule has 0 aromatic carbocycles. The molecule has 0 aromatic rings. The van der Waals surface area contributed by atoms with Crippen molar-refractivity contribution in [2.24, 2.45) is 0 Å². The van der Waals surface area contributed by atoms with E-state index < -0.39 is 0 Å². The Bertz CT molecular complexity index is 14.8. The lowest BCUT2D eigenvalue weighted by molar-refractivity contribution is 0.632. The monoisotopic (exact) mass is 287 g/mol. The lowest BCUT2D eigenvalue weighted by atomic mass is 15.9. The number of hydrogen-bond acceptors (Lipinski definition) is 5. The van der Waals surface area contributed by atoms with Crippen LogP contribution in [0.1, 0.15) is 0 Å².